The van der Waals surface area contributed by atoms with E-state index in [1.54, 1.807) is 29.8 Å². The standard InChI is InChI=1S/C18H17Cl2N7O2/c1-10-13(16(20)27(26-10)8-11-2-4-12(19)5-3-11)6-7-15(28)29-9-14-23-17(21)25-18(22)24-14/h2-7H,8-9H2,1H3,(H4,21,22,23,24,25)/b7-6+. The molecule has 0 bridgehead atoms. The average molecular weight is 434 g/mol. The van der Waals surface area contributed by atoms with Crippen molar-refractivity contribution in [2.24, 2.45) is 0 Å². The van der Waals surface area contributed by atoms with E-state index in [4.69, 9.17) is 39.4 Å². The van der Waals surface area contributed by atoms with Gasteiger partial charge in [-0.05, 0) is 30.7 Å². The lowest BCUT2D eigenvalue weighted by Crippen LogP contribution is -2.09. The largest absolute Gasteiger partial charge is 0.454 e. The number of nitrogens with zero attached hydrogens (tertiary/aromatic N) is 5. The summed E-state index contributed by atoms with van der Waals surface area (Å²) in [6, 6.07) is 7.38. The number of anilines is 2. The van der Waals surface area contributed by atoms with Crippen molar-refractivity contribution in [3.8, 4) is 0 Å². The lowest BCUT2D eigenvalue weighted by atomic mass is 10.2. The number of carbonyl (C=O) groups is 1. The summed E-state index contributed by atoms with van der Waals surface area (Å²) < 4.78 is 6.72. The third kappa shape index (κ3) is 5.43. The van der Waals surface area contributed by atoms with Crippen molar-refractivity contribution in [3.05, 3.63) is 63.2 Å². The highest BCUT2D eigenvalue weighted by molar-refractivity contribution is 6.31. The van der Waals surface area contributed by atoms with E-state index in [1.165, 1.54) is 6.08 Å². The van der Waals surface area contributed by atoms with Gasteiger partial charge < -0.3 is 16.2 Å². The third-order valence-corrected chi connectivity index (χ3v) is 4.45. The monoisotopic (exact) mass is 433 g/mol. The SMILES string of the molecule is Cc1nn(Cc2ccc(Cl)cc2)c(Cl)c1/C=C/C(=O)OCc1nc(N)nc(N)n1. The summed E-state index contributed by atoms with van der Waals surface area (Å²) in [5.74, 6) is -0.547. The van der Waals surface area contributed by atoms with Crippen LogP contribution in [0.4, 0.5) is 11.9 Å². The molecule has 0 fully saturated rings. The first-order chi connectivity index (χ1) is 13.8. The van der Waals surface area contributed by atoms with Gasteiger partial charge >= 0.3 is 5.97 Å². The van der Waals surface area contributed by atoms with Gasteiger partial charge in [0, 0.05) is 16.7 Å². The Morgan fingerprint density at radius 1 is 1.14 bits per heavy atom. The van der Waals surface area contributed by atoms with Crippen LogP contribution >= 0.6 is 23.2 Å². The molecule has 0 aliphatic heterocycles. The van der Waals surface area contributed by atoms with Crippen molar-refractivity contribution in [2.45, 2.75) is 20.1 Å². The van der Waals surface area contributed by atoms with Gasteiger partial charge in [0.25, 0.3) is 0 Å². The lowest BCUT2D eigenvalue weighted by Gasteiger charge is -2.04. The fraction of sp³-hybridized carbons (Fsp3) is 0.167. The highest BCUT2D eigenvalue weighted by atomic mass is 35.5. The van der Waals surface area contributed by atoms with Crippen molar-refractivity contribution in [1.82, 2.24) is 24.7 Å². The highest BCUT2D eigenvalue weighted by Crippen LogP contribution is 2.23. The first-order valence-corrected chi connectivity index (χ1v) is 9.15. The summed E-state index contributed by atoms with van der Waals surface area (Å²) in [6.07, 6.45) is 2.79. The molecule has 0 aliphatic carbocycles. The van der Waals surface area contributed by atoms with Crippen LogP contribution in [0.25, 0.3) is 6.08 Å². The number of aromatic nitrogens is 5. The zero-order valence-corrected chi connectivity index (χ0v) is 16.9. The Hall–Kier alpha value is -3.17. The second kappa shape index (κ2) is 8.89. The molecular formula is C18H17Cl2N7O2. The summed E-state index contributed by atoms with van der Waals surface area (Å²) in [7, 11) is 0. The van der Waals surface area contributed by atoms with Crippen molar-refractivity contribution in [1.29, 1.82) is 0 Å². The van der Waals surface area contributed by atoms with Gasteiger partial charge in [-0.1, -0.05) is 35.3 Å². The van der Waals surface area contributed by atoms with Crippen LogP contribution in [-0.2, 0) is 22.7 Å². The molecule has 0 atom stereocenters. The Morgan fingerprint density at radius 3 is 2.45 bits per heavy atom. The predicted octanol–water partition coefficient (Wildman–Crippen LogP) is 2.65. The number of hydrogen-bond acceptors (Lipinski definition) is 8. The molecule has 0 aliphatic rings. The van der Waals surface area contributed by atoms with Crippen LogP contribution in [0, 0.1) is 6.92 Å². The van der Waals surface area contributed by atoms with E-state index in [2.05, 4.69) is 20.1 Å². The molecule has 0 saturated carbocycles. The highest BCUT2D eigenvalue weighted by Gasteiger charge is 2.12. The molecular weight excluding hydrogens is 417 g/mol. The molecule has 0 unspecified atom stereocenters. The molecule has 3 aromatic rings. The Labute approximate surface area is 176 Å². The molecule has 0 spiro atoms. The van der Waals surface area contributed by atoms with E-state index in [9.17, 15) is 4.79 Å². The molecule has 150 valence electrons. The topological polar surface area (TPSA) is 135 Å². The van der Waals surface area contributed by atoms with Gasteiger partial charge in [0.2, 0.25) is 11.9 Å². The number of ether oxygens (including phenoxy) is 1. The minimum Gasteiger partial charge on any atom is -0.454 e. The third-order valence-electron chi connectivity index (χ3n) is 3.80. The molecule has 29 heavy (non-hydrogen) atoms. The molecule has 0 saturated heterocycles. The number of nitrogen functional groups attached to an aromatic ring is 2. The van der Waals surface area contributed by atoms with Crippen molar-refractivity contribution in [3.63, 3.8) is 0 Å². The van der Waals surface area contributed by atoms with E-state index in [1.807, 2.05) is 12.1 Å². The number of rotatable bonds is 6. The quantitative estimate of drug-likeness (QED) is 0.447. The van der Waals surface area contributed by atoms with Gasteiger partial charge in [-0.3, -0.25) is 0 Å². The van der Waals surface area contributed by atoms with E-state index in [-0.39, 0.29) is 24.3 Å². The molecule has 0 radical (unpaired) electrons. The zero-order chi connectivity index (χ0) is 21.0. The maximum absolute atomic E-state index is 12.0. The van der Waals surface area contributed by atoms with E-state index in [0.717, 1.165) is 5.56 Å². The van der Waals surface area contributed by atoms with Gasteiger partial charge in [0.1, 0.15) is 5.15 Å². The first kappa shape index (κ1) is 20.6. The molecule has 3 rings (SSSR count). The van der Waals surface area contributed by atoms with Crippen LogP contribution in [0.15, 0.2) is 30.3 Å². The molecule has 4 N–H and O–H groups in total. The number of carbonyl (C=O) groups excluding carboxylic acids is 1. The summed E-state index contributed by atoms with van der Waals surface area (Å²) in [5.41, 5.74) is 13.2. The van der Waals surface area contributed by atoms with Gasteiger partial charge in [-0.2, -0.15) is 20.1 Å². The van der Waals surface area contributed by atoms with Gasteiger partial charge in [0.15, 0.2) is 12.4 Å². The Morgan fingerprint density at radius 2 is 1.79 bits per heavy atom. The van der Waals surface area contributed by atoms with Gasteiger partial charge in [-0.15, -0.1) is 0 Å². The van der Waals surface area contributed by atoms with Crippen LogP contribution in [0.2, 0.25) is 10.2 Å². The Kier molecular flexibility index (Phi) is 6.30. The fourth-order valence-corrected chi connectivity index (χ4v) is 2.90. The fourth-order valence-electron chi connectivity index (χ4n) is 2.48. The average Bonchev–Trinajstić information content (AvgIpc) is 2.92. The predicted molar refractivity (Wildman–Crippen MR) is 110 cm³/mol. The molecule has 11 heteroatoms. The van der Waals surface area contributed by atoms with E-state index in [0.29, 0.717) is 28.0 Å². The first-order valence-electron chi connectivity index (χ1n) is 8.40. The number of halogens is 2. The van der Waals surface area contributed by atoms with Crippen molar-refractivity contribution in [2.75, 3.05) is 11.5 Å². The molecule has 0 amide bonds. The number of esters is 1. The van der Waals surface area contributed by atoms with Crippen molar-refractivity contribution < 1.29 is 9.53 Å². The van der Waals surface area contributed by atoms with Crippen LogP contribution in [0.3, 0.4) is 0 Å². The van der Waals surface area contributed by atoms with Gasteiger partial charge in [-0.25, -0.2) is 9.48 Å². The normalized spacial score (nSPS) is 11.1. The second-order valence-corrected chi connectivity index (χ2v) is 6.78. The second-order valence-electron chi connectivity index (χ2n) is 5.98. The number of nitrogens with two attached hydrogens (primary N) is 2. The van der Waals surface area contributed by atoms with Crippen LogP contribution in [0.5, 0.6) is 0 Å². The van der Waals surface area contributed by atoms with E-state index >= 15 is 0 Å². The maximum atomic E-state index is 12.0. The van der Waals surface area contributed by atoms with Crippen LogP contribution < -0.4 is 11.5 Å². The zero-order valence-electron chi connectivity index (χ0n) is 15.3. The summed E-state index contributed by atoms with van der Waals surface area (Å²) >= 11 is 12.3. The molecule has 2 aromatic heterocycles. The molecule has 1 aromatic carbocycles. The number of aryl methyl sites for hydroxylation is 1. The molecule has 2 heterocycles. The van der Waals surface area contributed by atoms with Crippen molar-refractivity contribution >= 4 is 47.1 Å². The molecule has 9 nitrogen and oxygen atoms in total. The summed E-state index contributed by atoms with van der Waals surface area (Å²) in [5, 5.41) is 5.47. The number of hydrogen-bond donors (Lipinski definition) is 2. The van der Waals surface area contributed by atoms with Crippen LogP contribution in [0.1, 0.15) is 22.6 Å². The van der Waals surface area contributed by atoms with Gasteiger partial charge in [0.05, 0.1) is 12.2 Å². The Bertz CT molecular complexity index is 1040. The maximum Gasteiger partial charge on any atom is 0.331 e. The lowest BCUT2D eigenvalue weighted by molar-refractivity contribution is -0.139. The summed E-state index contributed by atoms with van der Waals surface area (Å²) in [6.45, 7) is 2.08. The summed E-state index contributed by atoms with van der Waals surface area (Å²) in [4.78, 5) is 23.3. The smallest absolute Gasteiger partial charge is 0.331 e. The minimum atomic E-state index is -0.608. The van der Waals surface area contributed by atoms with Crippen LogP contribution in [-0.4, -0.2) is 30.7 Å². The number of benzene rings is 1. The Balaban J connectivity index is 1.65. The van der Waals surface area contributed by atoms with E-state index < -0.39 is 5.97 Å². The minimum absolute atomic E-state index is 0.0467.